The number of aryl methyl sites for hydroxylation is 1. The van der Waals surface area contributed by atoms with E-state index in [1.54, 1.807) is 24.3 Å². The van der Waals surface area contributed by atoms with Gasteiger partial charge in [-0.15, -0.1) is 0 Å². The van der Waals surface area contributed by atoms with Crippen LogP contribution in [0.15, 0.2) is 35.2 Å². The van der Waals surface area contributed by atoms with Crippen molar-refractivity contribution < 1.29 is 18.5 Å². The third-order valence-corrected chi connectivity index (χ3v) is 5.05. The predicted octanol–water partition coefficient (Wildman–Crippen LogP) is 3.29. The zero-order valence-electron chi connectivity index (χ0n) is 15.0. The molecule has 0 amide bonds. The van der Waals surface area contributed by atoms with E-state index in [-0.39, 0.29) is 18.0 Å². The summed E-state index contributed by atoms with van der Waals surface area (Å²) in [7, 11) is -1.31. The fraction of sp³-hybridized carbons (Fsp3) is 0.368. The number of carbonyl (C=O) groups is 2. The number of aromatic nitrogens is 1. The van der Waals surface area contributed by atoms with Crippen LogP contribution in [0.25, 0.3) is 0 Å². The maximum absolute atomic E-state index is 12.4. The first kappa shape index (κ1) is 19.1. The van der Waals surface area contributed by atoms with Crippen LogP contribution in [-0.4, -0.2) is 33.4 Å². The standard InChI is InChI=1S/C19H23NO4S/c1-5-10-20-13(2)11-16(14(20)3)17(21)12-24-19(22)15-8-6-7-9-18(15)25(4)23/h6-9,11H,5,10,12H2,1-4H3/t25-/m1/s1. The number of hydrogen-bond acceptors (Lipinski definition) is 4. The molecule has 0 aliphatic carbocycles. The molecule has 0 aliphatic rings. The summed E-state index contributed by atoms with van der Waals surface area (Å²) < 4.78 is 19.0. The van der Waals surface area contributed by atoms with Crippen LogP contribution in [0.2, 0.25) is 0 Å². The highest BCUT2D eigenvalue weighted by Crippen LogP contribution is 2.18. The summed E-state index contributed by atoms with van der Waals surface area (Å²) in [5.41, 5.74) is 2.70. The predicted molar refractivity (Wildman–Crippen MR) is 97.6 cm³/mol. The SMILES string of the molecule is CCCn1c(C)cc(C(=O)COC(=O)c2ccccc2[S@@](C)=O)c1C. The molecule has 1 atom stereocenters. The van der Waals surface area contributed by atoms with Crippen LogP contribution in [0.3, 0.4) is 0 Å². The van der Waals surface area contributed by atoms with Crippen molar-refractivity contribution in [2.75, 3.05) is 12.9 Å². The van der Waals surface area contributed by atoms with E-state index in [1.165, 1.54) is 6.26 Å². The summed E-state index contributed by atoms with van der Waals surface area (Å²) in [6.07, 6.45) is 2.48. The molecule has 5 nitrogen and oxygen atoms in total. The molecule has 0 saturated carbocycles. The maximum atomic E-state index is 12.4. The lowest BCUT2D eigenvalue weighted by atomic mass is 10.1. The van der Waals surface area contributed by atoms with Gasteiger partial charge in [-0.1, -0.05) is 19.1 Å². The normalized spacial score (nSPS) is 12.0. The van der Waals surface area contributed by atoms with E-state index in [4.69, 9.17) is 4.74 Å². The molecule has 134 valence electrons. The minimum atomic E-state index is -1.31. The number of rotatable bonds is 7. The number of esters is 1. The Kier molecular flexibility index (Phi) is 6.31. The minimum Gasteiger partial charge on any atom is -0.454 e. The van der Waals surface area contributed by atoms with Gasteiger partial charge >= 0.3 is 5.97 Å². The highest BCUT2D eigenvalue weighted by molar-refractivity contribution is 7.84. The van der Waals surface area contributed by atoms with Crippen molar-refractivity contribution in [2.45, 2.75) is 38.6 Å². The second-order valence-corrected chi connectivity index (χ2v) is 7.23. The van der Waals surface area contributed by atoms with Gasteiger partial charge in [0.2, 0.25) is 5.78 Å². The Morgan fingerprint density at radius 2 is 1.84 bits per heavy atom. The first-order valence-corrected chi connectivity index (χ1v) is 9.72. The van der Waals surface area contributed by atoms with E-state index >= 15 is 0 Å². The first-order chi connectivity index (χ1) is 11.9. The van der Waals surface area contributed by atoms with Gasteiger partial charge in [-0.3, -0.25) is 9.00 Å². The van der Waals surface area contributed by atoms with Crippen LogP contribution in [0, 0.1) is 13.8 Å². The summed E-state index contributed by atoms with van der Waals surface area (Å²) in [5, 5.41) is 0. The molecule has 1 aromatic heterocycles. The van der Waals surface area contributed by atoms with Gasteiger partial charge in [0.05, 0.1) is 21.3 Å². The van der Waals surface area contributed by atoms with Crippen molar-refractivity contribution >= 4 is 22.6 Å². The van der Waals surface area contributed by atoms with Crippen molar-refractivity contribution in [3.05, 3.63) is 52.8 Å². The van der Waals surface area contributed by atoms with Crippen molar-refractivity contribution in [1.29, 1.82) is 0 Å². The Morgan fingerprint density at radius 1 is 1.16 bits per heavy atom. The van der Waals surface area contributed by atoms with Gasteiger partial charge in [0.25, 0.3) is 0 Å². The molecule has 1 heterocycles. The fourth-order valence-electron chi connectivity index (χ4n) is 2.82. The van der Waals surface area contributed by atoms with E-state index in [0.717, 1.165) is 24.4 Å². The fourth-order valence-corrected chi connectivity index (χ4v) is 3.55. The van der Waals surface area contributed by atoms with Gasteiger partial charge in [-0.05, 0) is 38.5 Å². The Bertz CT molecular complexity index is 823. The van der Waals surface area contributed by atoms with E-state index in [1.807, 2.05) is 19.9 Å². The molecule has 0 fully saturated rings. The number of carbonyl (C=O) groups excluding carboxylic acids is 2. The average molecular weight is 361 g/mol. The molecule has 1 aromatic carbocycles. The van der Waals surface area contributed by atoms with Crippen LogP contribution >= 0.6 is 0 Å². The smallest absolute Gasteiger partial charge is 0.339 e. The number of Topliss-reactive ketones (excluding diaryl/α,β-unsaturated/α-hetero) is 1. The summed E-state index contributed by atoms with van der Waals surface area (Å²) >= 11 is 0. The van der Waals surface area contributed by atoms with Crippen molar-refractivity contribution in [1.82, 2.24) is 4.57 Å². The zero-order chi connectivity index (χ0) is 18.6. The lowest BCUT2D eigenvalue weighted by Gasteiger charge is -2.09. The molecular formula is C19H23NO4S. The average Bonchev–Trinajstić information content (AvgIpc) is 2.88. The van der Waals surface area contributed by atoms with E-state index in [0.29, 0.717) is 10.5 Å². The second kappa shape index (κ2) is 8.25. The lowest BCUT2D eigenvalue weighted by Crippen LogP contribution is -2.16. The quantitative estimate of drug-likeness (QED) is 0.561. The van der Waals surface area contributed by atoms with Gasteiger partial charge in [-0.25, -0.2) is 4.79 Å². The number of benzene rings is 1. The Labute approximate surface area is 150 Å². The van der Waals surface area contributed by atoms with Crippen LogP contribution in [0.5, 0.6) is 0 Å². The maximum Gasteiger partial charge on any atom is 0.339 e. The Morgan fingerprint density at radius 3 is 2.48 bits per heavy atom. The van der Waals surface area contributed by atoms with Crippen LogP contribution in [-0.2, 0) is 22.1 Å². The molecule has 0 radical (unpaired) electrons. The molecule has 2 aromatic rings. The number of hydrogen-bond donors (Lipinski definition) is 0. The van der Waals surface area contributed by atoms with Crippen molar-refractivity contribution in [2.24, 2.45) is 0 Å². The topological polar surface area (TPSA) is 65.4 Å². The molecule has 0 N–H and O–H groups in total. The summed E-state index contributed by atoms with van der Waals surface area (Å²) in [6, 6.07) is 8.38. The Hall–Kier alpha value is -2.21. The van der Waals surface area contributed by atoms with E-state index in [2.05, 4.69) is 11.5 Å². The van der Waals surface area contributed by atoms with Gasteiger partial charge in [-0.2, -0.15) is 0 Å². The highest BCUT2D eigenvalue weighted by Gasteiger charge is 2.19. The van der Waals surface area contributed by atoms with Crippen molar-refractivity contribution in [3.8, 4) is 0 Å². The minimum absolute atomic E-state index is 0.229. The molecule has 0 saturated heterocycles. The van der Waals surface area contributed by atoms with Crippen LogP contribution < -0.4 is 0 Å². The van der Waals surface area contributed by atoms with Gasteiger partial charge in [0, 0.05) is 29.8 Å². The van der Waals surface area contributed by atoms with E-state index < -0.39 is 16.8 Å². The number of ketones is 1. The molecule has 2 rings (SSSR count). The number of ether oxygens (including phenoxy) is 1. The largest absolute Gasteiger partial charge is 0.454 e. The van der Waals surface area contributed by atoms with Crippen LogP contribution in [0.4, 0.5) is 0 Å². The van der Waals surface area contributed by atoms with Gasteiger partial charge in [0.15, 0.2) is 6.61 Å². The molecular weight excluding hydrogens is 338 g/mol. The summed E-state index contributed by atoms with van der Waals surface area (Å²) in [4.78, 5) is 25.1. The van der Waals surface area contributed by atoms with Gasteiger partial charge < -0.3 is 9.30 Å². The molecule has 0 bridgehead atoms. The number of nitrogens with zero attached hydrogens (tertiary/aromatic N) is 1. The molecule has 25 heavy (non-hydrogen) atoms. The molecule has 0 spiro atoms. The third kappa shape index (κ3) is 4.25. The molecule has 6 heteroatoms. The second-order valence-electron chi connectivity index (χ2n) is 5.89. The lowest BCUT2D eigenvalue weighted by molar-refractivity contribution is 0.0471. The van der Waals surface area contributed by atoms with Crippen LogP contribution in [0.1, 0.15) is 45.4 Å². The Balaban J connectivity index is 2.12. The highest BCUT2D eigenvalue weighted by atomic mass is 32.2. The molecule has 0 aliphatic heterocycles. The summed E-state index contributed by atoms with van der Waals surface area (Å²) in [6.45, 7) is 6.45. The monoisotopic (exact) mass is 361 g/mol. The third-order valence-electron chi connectivity index (χ3n) is 4.07. The van der Waals surface area contributed by atoms with E-state index in [9.17, 15) is 13.8 Å². The van der Waals surface area contributed by atoms with Gasteiger partial charge in [0.1, 0.15) is 0 Å². The first-order valence-electron chi connectivity index (χ1n) is 8.16. The summed E-state index contributed by atoms with van der Waals surface area (Å²) in [5.74, 6) is -0.875. The molecule has 0 unspecified atom stereocenters. The zero-order valence-corrected chi connectivity index (χ0v) is 15.8. The van der Waals surface area contributed by atoms with Crippen molar-refractivity contribution in [3.63, 3.8) is 0 Å².